The zero-order valence-corrected chi connectivity index (χ0v) is 22.2. The van der Waals surface area contributed by atoms with Gasteiger partial charge in [0.05, 0.1) is 0 Å². The van der Waals surface area contributed by atoms with E-state index in [4.69, 9.17) is 4.74 Å². The Morgan fingerprint density at radius 3 is 2.10 bits per heavy atom. The van der Waals surface area contributed by atoms with Crippen molar-refractivity contribution in [2.45, 2.75) is 6.92 Å². The summed E-state index contributed by atoms with van der Waals surface area (Å²) in [6.45, 7) is 2.26. The van der Waals surface area contributed by atoms with E-state index in [0.29, 0.717) is 0 Å². The van der Waals surface area contributed by atoms with Gasteiger partial charge in [-0.25, -0.2) is 0 Å². The molecule has 0 aromatic heterocycles. The van der Waals surface area contributed by atoms with Gasteiger partial charge < -0.3 is 9.64 Å². The molecule has 0 aliphatic carbocycles. The first-order chi connectivity index (χ1) is 19.8. The number of fused-ring (bicyclic) bond motifs is 4. The van der Waals surface area contributed by atoms with Crippen molar-refractivity contribution in [1.29, 1.82) is 0 Å². The van der Waals surface area contributed by atoms with Crippen molar-refractivity contribution in [2.75, 3.05) is 4.90 Å². The van der Waals surface area contributed by atoms with Crippen LogP contribution >= 0.6 is 0 Å². The number of nitrogens with zero attached hydrogens (tertiary/aromatic N) is 1. The molecular formula is C37H26BNO. The maximum atomic E-state index is 6.50. The van der Waals surface area contributed by atoms with E-state index < -0.39 is 0 Å². The quantitative estimate of drug-likeness (QED) is 0.225. The van der Waals surface area contributed by atoms with Crippen LogP contribution in [0.4, 0.5) is 17.1 Å². The molecule has 0 bridgehead atoms. The highest BCUT2D eigenvalue weighted by atomic mass is 16.5. The topological polar surface area (TPSA) is 12.5 Å². The van der Waals surface area contributed by atoms with Crippen molar-refractivity contribution in [3.05, 3.63) is 145 Å². The van der Waals surface area contributed by atoms with E-state index >= 15 is 0 Å². The van der Waals surface area contributed by atoms with Crippen LogP contribution in [0.5, 0.6) is 11.5 Å². The van der Waals surface area contributed by atoms with Gasteiger partial charge in [-0.15, -0.1) is 0 Å². The van der Waals surface area contributed by atoms with Crippen molar-refractivity contribution >= 4 is 40.2 Å². The molecule has 0 radical (unpaired) electrons. The lowest BCUT2D eigenvalue weighted by atomic mass is 9.34. The maximum Gasteiger partial charge on any atom is 0.256 e. The SMILES string of the molecule is Cc1ccccc1-c1ccc(N2c3ccc(-c4ccccc4)cc3B3c4ccccc4Oc4cccc2c43)cc1. The molecule has 8 rings (SSSR count). The van der Waals surface area contributed by atoms with Crippen LogP contribution in [-0.2, 0) is 0 Å². The van der Waals surface area contributed by atoms with Gasteiger partial charge in [-0.05, 0) is 87.5 Å². The number of anilines is 3. The lowest BCUT2D eigenvalue weighted by molar-refractivity contribution is 0.487. The highest BCUT2D eigenvalue weighted by Crippen LogP contribution is 2.41. The summed E-state index contributed by atoms with van der Waals surface area (Å²) in [6, 6.07) is 50.0. The first-order valence-electron chi connectivity index (χ1n) is 13.8. The summed E-state index contributed by atoms with van der Waals surface area (Å²) in [7, 11) is 0. The predicted molar refractivity (Wildman–Crippen MR) is 168 cm³/mol. The average Bonchev–Trinajstić information content (AvgIpc) is 3.01. The van der Waals surface area contributed by atoms with Gasteiger partial charge in [0.25, 0.3) is 6.71 Å². The standard InChI is InChI=1S/C37H26BNO/c1-25-10-5-6-13-30(25)27-18-21-29(22-19-27)39-33-23-20-28(26-11-3-2-4-12-26)24-32(33)38-31-14-7-8-16-35(31)40-36-17-9-15-34(39)37(36)38/h2-24H,1H3. The highest BCUT2D eigenvalue weighted by Gasteiger charge is 2.41. The third-order valence-corrected chi connectivity index (χ3v) is 8.29. The Morgan fingerprint density at radius 1 is 0.525 bits per heavy atom. The molecule has 188 valence electrons. The molecule has 0 unspecified atom stereocenters. The van der Waals surface area contributed by atoms with Gasteiger partial charge in [0.1, 0.15) is 11.5 Å². The Balaban J connectivity index is 1.35. The van der Waals surface area contributed by atoms with Crippen molar-refractivity contribution < 1.29 is 4.74 Å². The normalized spacial score (nSPS) is 12.7. The molecule has 2 aliphatic rings. The van der Waals surface area contributed by atoms with Crippen molar-refractivity contribution in [3.63, 3.8) is 0 Å². The molecule has 2 aliphatic heterocycles. The highest BCUT2D eigenvalue weighted by molar-refractivity contribution is 6.99. The van der Waals surface area contributed by atoms with E-state index in [1.54, 1.807) is 0 Å². The summed E-state index contributed by atoms with van der Waals surface area (Å²) < 4.78 is 6.50. The second-order valence-corrected chi connectivity index (χ2v) is 10.6. The van der Waals surface area contributed by atoms with Crippen LogP contribution in [0, 0.1) is 6.92 Å². The Labute approximate surface area is 235 Å². The van der Waals surface area contributed by atoms with Crippen LogP contribution in [0.15, 0.2) is 140 Å². The molecule has 0 saturated heterocycles. The zero-order chi connectivity index (χ0) is 26.6. The molecule has 6 aromatic carbocycles. The van der Waals surface area contributed by atoms with Crippen LogP contribution in [0.3, 0.4) is 0 Å². The third-order valence-electron chi connectivity index (χ3n) is 8.29. The number of benzene rings is 6. The number of para-hydroxylation sites is 1. The summed E-state index contributed by atoms with van der Waals surface area (Å²) >= 11 is 0. The fourth-order valence-corrected chi connectivity index (χ4v) is 6.41. The first-order valence-corrected chi connectivity index (χ1v) is 13.8. The maximum absolute atomic E-state index is 6.50. The summed E-state index contributed by atoms with van der Waals surface area (Å²) in [5.41, 5.74) is 13.4. The lowest BCUT2D eigenvalue weighted by Crippen LogP contribution is -2.59. The Hall–Kier alpha value is -5.02. The van der Waals surface area contributed by atoms with E-state index in [1.807, 2.05) is 0 Å². The van der Waals surface area contributed by atoms with Crippen LogP contribution in [-0.4, -0.2) is 6.71 Å². The van der Waals surface area contributed by atoms with Gasteiger partial charge in [0.15, 0.2) is 0 Å². The predicted octanol–water partition coefficient (Wildman–Crippen LogP) is 7.73. The molecule has 0 fully saturated rings. The van der Waals surface area contributed by atoms with E-state index in [2.05, 4.69) is 151 Å². The number of aryl methyl sites for hydroxylation is 1. The van der Waals surface area contributed by atoms with Crippen LogP contribution in [0.1, 0.15) is 5.56 Å². The van der Waals surface area contributed by atoms with Gasteiger partial charge in [-0.3, -0.25) is 0 Å². The van der Waals surface area contributed by atoms with Gasteiger partial charge in [0, 0.05) is 17.1 Å². The van der Waals surface area contributed by atoms with Crippen LogP contribution in [0.25, 0.3) is 22.3 Å². The van der Waals surface area contributed by atoms with Crippen LogP contribution < -0.4 is 26.0 Å². The molecule has 0 spiro atoms. The average molecular weight is 511 g/mol. The Bertz CT molecular complexity index is 1890. The number of hydrogen-bond acceptors (Lipinski definition) is 2. The molecule has 0 amide bonds. The van der Waals surface area contributed by atoms with Gasteiger partial charge in [-0.2, -0.15) is 0 Å². The molecule has 3 heteroatoms. The molecular weight excluding hydrogens is 485 g/mol. The minimum atomic E-state index is 0.0947. The number of hydrogen-bond donors (Lipinski definition) is 0. The summed E-state index contributed by atoms with van der Waals surface area (Å²) in [5.74, 6) is 1.86. The first kappa shape index (κ1) is 22.9. The second kappa shape index (κ2) is 9.03. The molecule has 0 atom stereocenters. The lowest BCUT2D eigenvalue weighted by Gasteiger charge is -2.40. The third kappa shape index (κ3) is 3.51. The number of rotatable bonds is 3. The van der Waals surface area contributed by atoms with Crippen molar-refractivity contribution in [3.8, 4) is 33.8 Å². The van der Waals surface area contributed by atoms with Crippen LogP contribution in [0.2, 0.25) is 0 Å². The van der Waals surface area contributed by atoms with E-state index in [-0.39, 0.29) is 6.71 Å². The molecule has 0 N–H and O–H groups in total. The minimum absolute atomic E-state index is 0.0947. The molecule has 2 nitrogen and oxygen atoms in total. The Kier molecular flexibility index (Phi) is 5.18. The largest absolute Gasteiger partial charge is 0.458 e. The van der Waals surface area contributed by atoms with E-state index in [9.17, 15) is 0 Å². The summed E-state index contributed by atoms with van der Waals surface area (Å²) in [4.78, 5) is 2.40. The minimum Gasteiger partial charge on any atom is -0.458 e. The summed E-state index contributed by atoms with van der Waals surface area (Å²) in [5, 5.41) is 0. The molecule has 2 heterocycles. The Morgan fingerprint density at radius 2 is 1.25 bits per heavy atom. The van der Waals surface area contributed by atoms with Crippen molar-refractivity contribution in [2.24, 2.45) is 0 Å². The fourth-order valence-electron chi connectivity index (χ4n) is 6.41. The second-order valence-electron chi connectivity index (χ2n) is 10.6. The van der Waals surface area contributed by atoms with E-state index in [1.165, 1.54) is 55.6 Å². The smallest absolute Gasteiger partial charge is 0.256 e. The van der Waals surface area contributed by atoms with E-state index in [0.717, 1.165) is 17.2 Å². The summed E-state index contributed by atoms with van der Waals surface area (Å²) in [6.07, 6.45) is 0. The monoisotopic (exact) mass is 511 g/mol. The number of ether oxygens (including phenoxy) is 1. The van der Waals surface area contributed by atoms with Gasteiger partial charge >= 0.3 is 0 Å². The molecule has 0 saturated carbocycles. The van der Waals surface area contributed by atoms with Gasteiger partial charge in [0.2, 0.25) is 0 Å². The van der Waals surface area contributed by atoms with Gasteiger partial charge in [-0.1, -0.05) is 103 Å². The molecule has 6 aromatic rings. The fraction of sp³-hybridized carbons (Fsp3) is 0.0270. The molecule has 40 heavy (non-hydrogen) atoms. The zero-order valence-electron chi connectivity index (χ0n) is 22.2. The van der Waals surface area contributed by atoms with Crippen molar-refractivity contribution in [1.82, 2.24) is 0 Å².